The Bertz CT molecular complexity index is 1290. The van der Waals surface area contributed by atoms with Crippen molar-refractivity contribution >= 4 is 54.6 Å². The van der Waals surface area contributed by atoms with Crippen LogP contribution < -0.4 is 0 Å². The average molecular weight is 308 g/mol. The Balaban J connectivity index is 1.86. The van der Waals surface area contributed by atoms with Crippen molar-refractivity contribution in [1.82, 2.24) is 0 Å². The summed E-state index contributed by atoms with van der Waals surface area (Å²) in [6.07, 6.45) is 0. The van der Waals surface area contributed by atoms with E-state index in [0.29, 0.717) is 0 Å². The maximum absolute atomic E-state index is 6.27. The van der Waals surface area contributed by atoms with Crippen LogP contribution in [-0.2, 0) is 0 Å². The lowest BCUT2D eigenvalue weighted by molar-refractivity contribution is 0.656. The van der Waals surface area contributed by atoms with E-state index >= 15 is 0 Å². The Hall–Kier alpha value is -3.26. The second kappa shape index (κ2) is 4.18. The van der Waals surface area contributed by atoms with Gasteiger partial charge < -0.3 is 8.83 Å². The second-order valence-electron chi connectivity index (χ2n) is 6.19. The van der Waals surface area contributed by atoms with Crippen molar-refractivity contribution in [3.8, 4) is 0 Å². The highest BCUT2D eigenvalue weighted by Crippen LogP contribution is 2.41. The molecule has 0 aliphatic carbocycles. The molecule has 112 valence electrons. The van der Waals surface area contributed by atoms with E-state index in [0.717, 1.165) is 43.9 Å². The van der Waals surface area contributed by atoms with Gasteiger partial charge in [0.15, 0.2) is 11.2 Å². The number of rotatable bonds is 0. The highest BCUT2D eigenvalue weighted by atomic mass is 16.4. The van der Waals surface area contributed by atoms with E-state index in [1.165, 1.54) is 10.8 Å². The van der Waals surface area contributed by atoms with Gasteiger partial charge in [-0.1, -0.05) is 60.7 Å². The van der Waals surface area contributed by atoms with Crippen LogP contribution in [0.4, 0.5) is 0 Å². The van der Waals surface area contributed by atoms with Crippen molar-refractivity contribution in [2.24, 2.45) is 0 Å². The normalized spacial score (nSPS) is 12.2. The minimum absolute atomic E-state index is 0.835. The number of benzene rings is 4. The molecular weight excluding hydrogens is 296 g/mol. The molecule has 0 atom stereocenters. The van der Waals surface area contributed by atoms with Crippen LogP contribution in [0, 0.1) is 0 Å². The first kappa shape index (κ1) is 12.2. The van der Waals surface area contributed by atoms with Gasteiger partial charge in [0, 0.05) is 10.8 Å². The zero-order valence-corrected chi connectivity index (χ0v) is 12.7. The van der Waals surface area contributed by atoms with E-state index in [1.54, 1.807) is 0 Å². The fraction of sp³-hybridized carbons (Fsp3) is 0. The van der Waals surface area contributed by atoms with Crippen molar-refractivity contribution in [2.75, 3.05) is 0 Å². The van der Waals surface area contributed by atoms with Gasteiger partial charge in [0.2, 0.25) is 0 Å². The summed E-state index contributed by atoms with van der Waals surface area (Å²) in [4.78, 5) is 0. The molecule has 0 amide bonds. The molecule has 6 rings (SSSR count). The van der Waals surface area contributed by atoms with Crippen LogP contribution >= 0.6 is 0 Å². The molecule has 0 N–H and O–H groups in total. The third-order valence-electron chi connectivity index (χ3n) is 4.86. The lowest BCUT2D eigenvalue weighted by Crippen LogP contribution is -1.73. The largest absolute Gasteiger partial charge is 0.451 e. The maximum atomic E-state index is 6.27. The molecule has 0 saturated heterocycles. The molecule has 24 heavy (non-hydrogen) atoms. The molecule has 0 saturated carbocycles. The first-order valence-electron chi connectivity index (χ1n) is 8.04. The number of hydrogen-bond acceptors (Lipinski definition) is 2. The Morgan fingerprint density at radius 3 is 1.33 bits per heavy atom. The molecular formula is C22H12O2. The van der Waals surface area contributed by atoms with Crippen molar-refractivity contribution in [3.63, 3.8) is 0 Å². The lowest BCUT2D eigenvalue weighted by atomic mass is 10.1. The van der Waals surface area contributed by atoms with Gasteiger partial charge in [-0.25, -0.2) is 0 Å². The third-order valence-corrected chi connectivity index (χ3v) is 4.86. The summed E-state index contributed by atoms with van der Waals surface area (Å²) in [5, 5.41) is 6.66. The van der Waals surface area contributed by atoms with Gasteiger partial charge in [0.1, 0.15) is 11.2 Å². The monoisotopic (exact) mass is 308 g/mol. The van der Waals surface area contributed by atoms with Crippen LogP contribution in [-0.4, -0.2) is 0 Å². The fourth-order valence-corrected chi connectivity index (χ4v) is 3.71. The van der Waals surface area contributed by atoms with E-state index in [-0.39, 0.29) is 0 Å². The molecule has 2 heteroatoms. The average Bonchev–Trinajstić information content (AvgIpc) is 3.18. The van der Waals surface area contributed by atoms with Crippen molar-refractivity contribution < 1.29 is 8.83 Å². The zero-order chi connectivity index (χ0) is 15.7. The van der Waals surface area contributed by atoms with E-state index < -0.39 is 0 Å². The molecule has 0 fully saturated rings. The van der Waals surface area contributed by atoms with E-state index in [1.807, 2.05) is 24.3 Å². The molecule has 0 aliphatic rings. The zero-order valence-electron chi connectivity index (χ0n) is 12.7. The topological polar surface area (TPSA) is 26.3 Å². The van der Waals surface area contributed by atoms with Gasteiger partial charge in [-0.15, -0.1) is 0 Å². The molecule has 0 spiro atoms. The Morgan fingerprint density at radius 2 is 0.833 bits per heavy atom. The molecule has 2 heterocycles. The van der Waals surface area contributed by atoms with E-state index in [2.05, 4.69) is 48.5 Å². The summed E-state index contributed by atoms with van der Waals surface area (Å²) in [6.45, 7) is 0. The quantitative estimate of drug-likeness (QED) is 0.314. The van der Waals surface area contributed by atoms with E-state index in [9.17, 15) is 0 Å². The standard InChI is InChI=1S/C22H12O2/c1-3-7-15-13(5-1)9-11-17-19(15)23-22-18-12-10-14-6-2-4-8-16(14)20(18)24-21(17)22/h1-12H. The summed E-state index contributed by atoms with van der Waals surface area (Å²) < 4.78 is 12.5. The summed E-state index contributed by atoms with van der Waals surface area (Å²) in [7, 11) is 0. The Kier molecular flexibility index (Phi) is 2.12. The molecule has 2 aromatic heterocycles. The van der Waals surface area contributed by atoms with Crippen LogP contribution in [0.15, 0.2) is 81.6 Å². The molecule has 0 radical (unpaired) electrons. The van der Waals surface area contributed by atoms with Crippen molar-refractivity contribution in [3.05, 3.63) is 72.8 Å². The first-order chi connectivity index (χ1) is 11.9. The van der Waals surface area contributed by atoms with Crippen molar-refractivity contribution in [2.45, 2.75) is 0 Å². The van der Waals surface area contributed by atoms with Crippen LogP contribution in [0.5, 0.6) is 0 Å². The maximum Gasteiger partial charge on any atom is 0.181 e. The molecule has 6 aromatic rings. The van der Waals surface area contributed by atoms with Crippen LogP contribution in [0.25, 0.3) is 54.6 Å². The van der Waals surface area contributed by atoms with Crippen LogP contribution in [0.3, 0.4) is 0 Å². The molecule has 0 unspecified atom stereocenters. The van der Waals surface area contributed by atoms with Gasteiger partial charge in [0.25, 0.3) is 0 Å². The minimum Gasteiger partial charge on any atom is -0.451 e. The Morgan fingerprint density at radius 1 is 0.375 bits per heavy atom. The molecule has 0 bridgehead atoms. The minimum atomic E-state index is 0.835. The van der Waals surface area contributed by atoms with Crippen LogP contribution in [0.2, 0.25) is 0 Å². The smallest absolute Gasteiger partial charge is 0.181 e. The lowest BCUT2D eigenvalue weighted by Gasteiger charge is -1.99. The predicted molar refractivity (Wildman–Crippen MR) is 98.5 cm³/mol. The van der Waals surface area contributed by atoms with Gasteiger partial charge in [-0.05, 0) is 22.9 Å². The van der Waals surface area contributed by atoms with Gasteiger partial charge >= 0.3 is 0 Å². The van der Waals surface area contributed by atoms with Crippen molar-refractivity contribution in [1.29, 1.82) is 0 Å². The van der Waals surface area contributed by atoms with Crippen LogP contribution in [0.1, 0.15) is 0 Å². The summed E-state index contributed by atoms with van der Waals surface area (Å²) >= 11 is 0. The van der Waals surface area contributed by atoms with Gasteiger partial charge in [-0.2, -0.15) is 0 Å². The second-order valence-corrected chi connectivity index (χ2v) is 6.19. The number of fused-ring (bicyclic) bond motifs is 9. The van der Waals surface area contributed by atoms with Gasteiger partial charge in [0.05, 0.1) is 10.8 Å². The highest BCUT2D eigenvalue weighted by molar-refractivity contribution is 6.21. The predicted octanol–water partition coefficient (Wildman–Crippen LogP) is 6.64. The SMILES string of the molecule is c1ccc2c(c1)ccc1c2oc2c3ccc4ccccc4c3oc12. The fourth-order valence-electron chi connectivity index (χ4n) is 3.71. The highest BCUT2D eigenvalue weighted by Gasteiger charge is 2.18. The van der Waals surface area contributed by atoms with Gasteiger partial charge in [-0.3, -0.25) is 0 Å². The number of furan rings is 2. The number of hydrogen-bond donors (Lipinski definition) is 0. The molecule has 2 nitrogen and oxygen atoms in total. The first-order valence-corrected chi connectivity index (χ1v) is 8.04. The third kappa shape index (κ3) is 1.41. The summed E-state index contributed by atoms with van der Waals surface area (Å²) in [5.74, 6) is 0. The van der Waals surface area contributed by atoms with E-state index in [4.69, 9.17) is 8.83 Å². The summed E-state index contributed by atoms with van der Waals surface area (Å²) in [6, 6.07) is 25.0. The Labute approximate surface area is 136 Å². The molecule has 4 aromatic carbocycles. The molecule has 0 aliphatic heterocycles. The summed E-state index contributed by atoms with van der Waals surface area (Å²) in [5.41, 5.74) is 3.47.